The van der Waals surface area contributed by atoms with Gasteiger partial charge in [-0.15, -0.1) is 0 Å². The van der Waals surface area contributed by atoms with E-state index in [1.54, 1.807) is 12.1 Å². The zero-order valence-corrected chi connectivity index (χ0v) is 17.6. The Labute approximate surface area is 173 Å². The van der Waals surface area contributed by atoms with Crippen molar-refractivity contribution < 1.29 is 17.9 Å². The molecule has 0 radical (unpaired) electrons. The monoisotopic (exact) mass is 408 g/mol. The van der Waals surface area contributed by atoms with Crippen molar-refractivity contribution in [2.45, 2.75) is 77.3 Å². The Balaban J connectivity index is 1.39. The summed E-state index contributed by atoms with van der Waals surface area (Å²) in [5, 5.41) is 0. The molecule has 1 aromatic carbocycles. The fourth-order valence-corrected chi connectivity index (χ4v) is 5.25. The predicted octanol–water partition coefficient (Wildman–Crippen LogP) is 8.05. The fraction of sp³-hybridized carbons (Fsp3) is 0.680. The number of rotatable bonds is 7. The maximum atomic E-state index is 12.2. The smallest absolute Gasteiger partial charge is 0.422 e. The first kappa shape index (κ1) is 22.2. The van der Waals surface area contributed by atoms with Crippen LogP contribution in [-0.4, -0.2) is 12.8 Å². The number of hydrogen-bond acceptors (Lipinski definition) is 1. The van der Waals surface area contributed by atoms with Crippen LogP contribution < -0.4 is 4.74 Å². The summed E-state index contributed by atoms with van der Waals surface area (Å²) >= 11 is 0. The summed E-state index contributed by atoms with van der Waals surface area (Å²) < 4.78 is 41.4. The standard InChI is InChI=1S/C25H35F3O/c1-2-3-19-6-12-22(13-7-19)23-14-8-20(9-15-23)4-5-21-10-16-24(17-11-21)29-18-25(26,27)28/h4-5,10-11,16-17,19-20,22-23H,2-3,6-9,12-15,18H2,1H3/t19-,20-,22-,23-. The highest BCUT2D eigenvalue weighted by Crippen LogP contribution is 2.42. The van der Waals surface area contributed by atoms with Crippen LogP contribution in [0.5, 0.6) is 5.75 Å². The summed E-state index contributed by atoms with van der Waals surface area (Å²) in [6.07, 6.45) is 13.9. The lowest BCUT2D eigenvalue weighted by atomic mass is 9.68. The van der Waals surface area contributed by atoms with Gasteiger partial charge >= 0.3 is 6.18 Å². The first-order valence-corrected chi connectivity index (χ1v) is 11.4. The molecule has 2 saturated carbocycles. The number of halogens is 3. The highest BCUT2D eigenvalue weighted by Gasteiger charge is 2.30. The average Bonchev–Trinajstić information content (AvgIpc) is 2.72. The third kappa shape index (κ3) is 7.38. The van der Waals surface area contributed by atoms with E-state index in [1.165, 1.54) is 64.2 Å². The van der Waals surface area contributed by atoms with Gasteiger partial charge in [0.15, 0.2) is 6.61 Å². The molecular weight excluding hydrogens is 373 g/mol. The van der Waals surface area contributed by atoms with E-state index in [1.807, 2.05) is 12.1 Å². The van der Waals surface area contributed by atoms with Crippen molar-refractivity contribution in [3.63, 3.8) is 0 Å². The topological polar surface area (TPSA) is 9.23 Å². The van der Waals surface area contributed by atoms with E-state index >= 15 is 0 Å². The van der Waals surface area contributed by atoms with Gasteiger partial charge in [-0.05, 0) is 79.9 Å². The van der Waals surface area contributed by atoms with Crippen LogP contribution in [-0.2, 0) is 0 Å². The molecule has 1 nitrogen and oxygen atoms in total. The highest BCUT2D eigenvalue weighted by atomic mass is 19.4. The molecule has 0 atom stereocenters. The SMILES string of the molecule is CCC[C@H]1CC[C@H]([C@H]2CC[C@H](C=Cc3ccc(OCC(F)(F)F)cc3)CC2)CC1. The second kappa shape index (κ2) is 10.5. The van der Waals surface area contributed by atoms with Crippen molar-refractivity contribution in [1.29, 1.82) is 0 Å². The highest BCUT2D eigenvalue weighted by molar-refractivity contribution is 5.50. The normalized spacial score (nSPS) is 28.6. The Hall–Kier alpha value is -1.45. The lowest BCUT2D eigenvalue weighted by molar-refractivity contribution is -0.153. The van der Waals surface area contributed by atoms with Gasteiger partial charge in [0, 0.05) is 0 Å². The molecule has 2 fully saturated rings. The maximum Gasteiger partial charge on any atom is 0.422 e. The number of alkyl halides is 3. The first-order valence-electron chi connectivity index (χ1n) is 11.4. The maximum absolute atomic E-state index is 12.2. The largest absolute Gasteiger partial charge is 0.484 e. The molecule has 2 aliphatic carbocycles. The second-order valence-corrected chi connectivity index (χ2v) is 9.08. The van der Waals surface area contributed by atoms with Gasteiger partial charge in [-0.3, -0.25) is 0 Å². The van der Waals surface area contributed by atoms with Crippen LogP contribution in [0, 0.1) is 23.7 Å². The lowest BCUT2D eigenvalue weighted by Gasteiger charge is -2.37. The quantitative estimate of drug-likeness (QED) is 0.443. The van der Waals surface area contributed by atoms with Crippen LogP contribution in [0.25, 0.3) is 6.08 Å². The molecule has 3 rings (SSSR count). The van der Waals surface area contributed by atoms with Crippen LogP contribution in [0.1, 0.15) is 76.7 Å². The van der Waals surface area contributed by atoms with Crippen molar-refractivity contribution in [2.75, 3.05) is 6.61 Å². The summed E-state index contributed by atoms with van der Waals surface area (Å²) in [5.41, 5.74) is 1.01. The summed E-state index contributed by atoms with van der Waals surface area (Å²) in [7, 11) is 0. The molecule has 2 aliphatic rings. The van der Waals surface area contributed by atoms with E-state index in [2.05, 4.69) is 19.1 Å². The Bertz CT molecular complexity index is 618. The van der Waals surface area contributed by atoms with Crippen LogP contribution in [0.4, 0.5) is 13.2 Å². The molecule has 0 bridgehead atoms. The van der Waals surface area contributed by atoms with E-state index in [9.17, 15) is 13.2 Å². The molecule has 0 heterocycles. The van der Waals surface area contributed by atoms with Crippen molar-refractivity contribution in [3.05, 3.63) is 35.9 Å². The molecule has 1 aromatic rings. The van der Waals surface area contributed by atoms with Gasteiger partial charge in [0.25, 0.3) is 0 Å². The number of hydrogen-bond donors (Lipinski definition) is 0. The van der Waals surface area contributed by atoms with E-state index in [0.29, 0.717) is 5.92 Å². The third-order valence-electron chi connectivity index (χ3n) is 6.91. The van der Waals surface area contributed by atoms with Crippen molar-refractivity contribution in [2.24, 2.45) is 23.7 Å². The minimum Gasteiger partial charge on any atom is -0.484 e. The summed E-state index contributed by atoms with van der Waals surface area (Å²) in [6, 6.07) is 6.86. The average molecular weight is 409 g/mol. The minimum atomic E-state index is -4.30. The second-order valence-electron chi connectivity index (χ2n) is 9.08. The molecule has 0 saturated heterocycles. The van der Waals surface area contributed by atoms with E-state index in [0.717, 1.165) is 23.3 Å². The van der Waals surface area contributed by atoms with Gasteiger partial charge < -0.3 is 4.74 Å². The van der Waals surface area contributed by atoms with Crippen LogP contribution >= 0.6 is 0 Å². The Morgan fingerprint density at radius 3 is 2.03 bits per heavy atom. The molecule has 0 N–H and O–H groups in total. The zero-order chi connectivity index (χ0) is 20.7. The Morgan fingerprint density at radius 2 is 1.48 bits per heavy atom. The van der Waals surface area contributed by atoms with Crippen molar-refractivity contribution >= 4 is 6.08 Å². The molecule has 0 aromatic heterocycles. The molecule has 162 valence electrons. The molecule has 4 heteroatoms. The van der Waals surface area contributed by atoms with E-state index in [4.69, 9.17) is 4.74 Å². The van der Waals surface area contributed by atoms with Gasteiger partial charge in [0.05, 0.1) is 0 Å². The minimum absolute atomic E-state index is 0.258. The summed E-state index contributed by atoms with van der Waals surface area (Å²) in [6.45, 7) is 1.06. The lowest BCUT2D eigenvalue weighted by Crippen LogP contribution is -2.25. The molecule has 0 amide bonds. The zero-order valence-electron chi connectivity index (χ0n) is 17.6. The van der Waals surface area contributed by atoms with E-state index < -0.39 is 12.8 Å². The third-order valence-corrected chi connectivity index (χ3v) is 6.91. The Morgan fingerprint density at radius 1 is 0.897 bits per heavy atom. The van der Waals surface area contributed by atoms with Crippen molar-refractivity contribution in [1.82, 2.24) is 0 Å². The molecule has 0 spiro atoms. The fourth-order valence-electron chi connectivity index (χ4n) is 5.25. The Kier molecular flexibility index (Phi) is 8.08. The number of benzene rings is 1. The van der Waals surface area contributed by atoms with Gasteiger partial charge in [0.1, 0.15) is 5.75 Å². The molecule has 0 aliphatic heterocycles. The molecule has 0 unspecified atom stereocenters. The van der Waals surface area contributed by atoms with Gasteiger partial charge in [-0.2, -0.15) is 13.2 Å². The summed E-state index contributed by atoms with van der Waals surface area (Å²) in [5.74, 6) is 3.75. The van der Waals surface area contributed by atoms with Crippen molar-refractivity contribution in [3.8, 4) is 5.75 Å². The first-order chi connectivity index (χ1) is 13.9. The van der Waals surface area contributed by atoms with Gasteiger partial charge in [0.2, 0.25) is 0 Å². The van der Waals surface area contributed by atoms with Crippen LogP contribution in [0.2, 0.25) is 0 Å². The van der Waals surface area contributed by atoms with Crippen LogP contribution in [0.15, 0.2) is 30.3 Å². The van der Waals surface area contributed by atoms with Gasteiger partial charge in [-0.1, -0.05) is 56.9 Å². The van der Waals surface area contributed by atoms with E-state index in [-0.39, 0.29) is 5.75 Å². The molecular formula is C25H35F3O. The number of ether oxygens (including phenoxy) is 1. The molecule has 29 heavy (non-hydrogen) atoms. The number of allylic oxidation sites excluding steroid dienone is 1. The predicted molar refractivity (Wildman–Crippen MR) is 113 cm³/mol. The summed E-state index contributed by atoms with van der Waals surface area (Å²) in [4.78, 5) is 0. The van der Waals surface area contributed by atoms with Crippen LogP contribution in [0.3, 0.4) is 0 Å². The van der Waals surface area contributed by atoms with Gasteiger partial charge in [-0.25, -0.2) is 0 Å².